The molecule has 0 atom stereocenters. The first-order valence-electron chi connectivity index (χ1n) is 9.01. The smallest absolute Gasteiger partial charge is 0.166 e. The lowest BCUT2D eigenvalue weighted by atomic mass is 10.1. The SMILES string of the molecule is COc1ccc(CCNC(=S)NCc2ccc(-n3cccn3)cc2)cc1OC. The number of rotatable bonds is 8. The third kappa shape index (κ3) is 5.23. The fraction of sp³-hybridized carbons (Fsp3) is 0.238. The van der Waals surface area contributed by atoms with Crippen molar-refractivity contribution in [1.82, 2.24) is 20.4 Å². The first-order chi connectivity index (χ1) is 13.7. The van der Waals surface area contributed by atoms with Crippen LogP contribution in [0.2, 0.25) is 0 Å². The summed E-state index contributed by atoms with van der Waals surface area (Å²) in [5, 5.41) is 11.3. The highest BCUT2D eigenvalue weighted by Gasteiger charge is 2.05. The summed E-state index contributed by atoms with van der Waals surface area (Å²) in [5.74, 6) is 1.47. The van der Waals surface area contributed by atoms with E-state index in [9.17, 15) is 0 Å². The molecule has 146 valence electrons. The molecule has 28 heavy (non-hydrogen) atoms. The Hall–Kier alpha value is -3.06. The van der Waals surface area contributed by atoms with Crippen molar-refractivity contribution in [2.75, 3.05) is 20.8 Å². The van der Waals surface area contributed by atoms with Crippen molar-refractivity contribution in [3.8, 4) is 17.2 Å². The molecule has 3 rings (SSSR count). The van der Waals surface area contributed by atoms with Crippen LogP contribution in [0.15, 0.2) is 60.9 Å². The van der Waals surface area contributed by atoms with Gasteiger partial charge in [-0.1, -0.05) is 18.2 Å². The zero-order valence-electron chi connectivity index (χ0n) is 16.0. The Morgan fingerprint density at radius 3 is 2.43 bits per heavy atom. The topological polar surface area (TPSA) is 60.3 Å². The van der Waals surface area contributed by atoms with Crippen LogP contribution in [-0.2, 0) is 13.0 Å². The predicted molar refractivity (Wildman–Crippen MR) is 114 cm³/mol. The average Bonchev–Trinajstić information content (AvgIpc) is 3.27. The van der Waals surface area contributed by atoms with Gasteiger partial charge in [0.15, 0.2) is 16.6 Å². The number of benzene rings is 2. The van der Waals surface area contributed by atoms with Crippen LogP contribution in [0.4, 0.5) is 0 Å². The zero-order chi connectivity index (χ0) is 19.8. The lowest BCUT2D eigenvalue weighted by Gasteiger charge is -2.12. The van der Waals surface area contributed by atoms with Crippen molar-refractivity contribution in [2.45, 2.75) is 13.0 Å². The summed E-state index contributed by atoms with van der Waals surface area (Å²) in [6.45, 7) is 1.40. The van der Waals surface area contributed by atoms with Gasteiger partial charge < -0.3 is 20.1 Å². The normalized spacial score (nSPS) is 10.4. The summed E-state index contributed by atoms with van der Waals surface area (Å²) in [6, 6.07) is 16.0. The van der Waals surface area contributed by atoms with Crippen LogP contribution in [0.25, 0.3) is 5.69 Å². The number of aromatic nitrogens is 2. The summed E-state index contributed by atoms with van der Waals surface area (Å²) in [7, 11) is 3.27. The van der Waals surface area contributed by atoms with E-state index < -0.39 is 0 Å². The highest BCUT2D eigenvalue weighted by Crippen LogP contribution is 2.27. The second-order valence-electron chi connectivity index (χ2n) is 6.17. The maximum Gasteiger partial charge on any atom is 0.166 e. The third-order valence-electron chi connectivity index (χ3n) is 4.31. The van der Waals surface area contributed by atoms with Crippen molar-refractivity contribution in [3.05, 3.63) is 72.1 Å². The van der Waals surface area contributed by atoms with Crippen LogP contribution in [0.1, 0.15) is 11.1 Å². The maximum atomic E-state index is 5.37. The van der Waals surface area contributed by atoms with Crippen molar-refractivity contribution in [2.24, 2.45) is 0 Å². The quantitative estimate of drug-likeness (QED) is 0.571. The highest BCUT2D eigenvalue weighted by molar-refractivity contribution is 7.80. The summed E-state index contributed by atoms with van der Waals surface area (Å²) in [6.07, 6.45) is 4.52. The summed E-state index contributed by atoms with van der Waals surface area (Å²) in [5.41, 5.74) is 3.34. The van der Waals surface area contributed by atoms with Crippen molar-refractivity contribution in [1.29, 1.82) is 0 Å². The predicted octanol–water partition coefficient (Wildman–Crippen LogP) is 3.10. The van der Waals surface area contributed by atoms with E-state index >= 15 is 0 Å². The standard InChI is InChI=1S/C21H24N4O2S/c1-26-19-9-6-16(14-20(19)27-2)10-12-22-21(28)23-15-17-4-7-18(8-5-17)25-13-3-11-24-25/h3-9,11,13-14H,10,12,15H2,1-2H3,(H2,22,23,28). The molecule has 0 fully saturated rings. The van der Waals surface area contributed by atoms with Gasteiger partial charge in [0, 0.05) is 25.5 Å². The van der Waals surface area contributed by atoms with Gasteiger partial charge in [-0.3, -0.25) is 0 Å². The molecule has 1 heterocycles. The van der Waals surface area contributed by atoms with Crippen molar-refractivity contribution in [3.63, 3.8) is 0 Å². The van der Waals surface area contributed by atoms with Gasteiger partial charge in [0.25, 0.3) is 0 Å². The van der Waals surface area contributed by atoms with Crippen LogP contribution < -0.4 is 20.1 Å². The molecule has 0 spiro atoms. The Morgan fingerprint density at radius 2 is 1.75 bits per heavy atom. The molecule has 2 aromatic carbocycles. The van der Waals surface area contributed by atoms with E-state index in [1.165, 1.54) is 0 Å². The summed E-state index contributed by atoms with van der Waals surface area (Å²) < 4.78 is 12.4. The van der Waals surface area contributed by atoms with Crippen LogP contribution in [0.5, 0.6) is 11.5 Å². The van der Waals surface area contributed by atoms with Gasteiger partial charge in [-0.15, -0.1) is 0 Å². The Balaban J connectivity index is 1.42. The number of nitrogens with zero attached hydrogens (tertiary/aromatic N) is 2. The molecule has 0 amide bonds. The molecule has 0 saturated carbocycles. The van der Waals surface area contributed by atoms with Gasteiger partial charge in [0.1, 0.15) is 0 Å². The molecule has 0 radical (unpaired) electrons. The zero-order valence-corrected chi connectivity index (χ0v) is 16.8. The van der Waals surface area contributed by atoms with E-state index in [0.717, 1.165) is 41.3 Å². The van der Waals surface area contributed by atoms with Gasteiger partial charge in [0.05, 0.1) is 19.9 Å². The van der Waals surface area contributed by atoms with Gasteiger partial charge in [-0.2, -0.15) is 5.10 Å². The molecule has 0 unspecified atom stereocenters. The van der Waals surface area contributed by atoms with Crippen molar-refractivity contribution < 1.29 is 9.47 Å². The van der Waals surface area contributed by atoms with Crippen LogP contribution >= 0.6 is 12.2 Å². The molecular weight excluding hydrogens is 372 g/mol. The summed E-state index contributed by atoms with van der Waals surface area (Å²) >= 11 is 5.37. The molecule has 3 aromatic rings. The monoisotopic (exact) mass is 396 g/mol. The Morgan fingerprint density at radius 1 is 1.00 bits per heavy atom. The Labute approximate surface area is 170 Å². The largest absolute Gasteiger partial charge is 0.493 e. The fourth-order valence-corrected chi connectivity index (χ4v) is 2.96. The minimum absolute atomic E-state index is 0.636. The number of hydrogen-bond acceptors (Lipinski definition) is 4. The van der Waals surface area contributed by atoms with Gasteiger partial charge in [0.2, 0.25) is 0 Å². The molecule has 1 aromatic heterocycles. The second kappa shape index (κ2) is 9.75. The minimum Gasteiger partial charge on any atom is -0.493 e. The van der Waals surface area contributed by atoms with Gasteiger partial charge >= 0.3 is 0 Å². The Bertz CT molecular complexity index is 895. The number of methoxy groups -OCH3 is 2. The minimum atomic E-state index is 0.636. The molecule has 0 aliphatic carbocycles. The second-order valence-corrected chi connectivity index (χ2v) is 6.57. The summed E-state index contributed by atoms with van der Waals surface area (Å²) in [4.78, 5) is 0. The molecule has 2 N–H and O–H groups in total. The lowest BCUT2D eigenvalue weighted by molar-refractivity contribution is 0.354. The lowest BCUT2D eigenvalue weighted by Crippen LogP contribution is -2.35. The molecule has 0 aliphatic rings. The molecule has 6 nitrogen and oxygen atoms in total. The highest BCUT2D eigenvalue weighted by atomic mass is 32.1. The van der Waals surface area contributed by atoms with Crippen LogP contribution in [0, 0.1) is 0 Å². The number of nitrogens with one attached hydrogen (secondary N) is 2. The van der Waals surface area contributed by atoms with Crippen LogP contribution in [0.3, 0.4) is 0 Å². The number of thiocarbonyl (C=S) groups is 1. The fourth-order valence-electron chi connectivity index (χ4n) is 2.79. The molecule has 7 heteroatoms. The molecule has 0 aliphatic heterocycles. The molecular formula is C21H24N4O2S. The van der Waals surface area contributed by atoms with E-state index in [2.05, 4.69) is 27.9 Å². The van der Waals surface area contributed by atoms with E-state index in [-0.39, 0.29) is 0 Å². The number of ether oxygens (including phenoxy) is 2. The van der Waals surface area contributed by atoms with Gasteiger partial charge in [-0.05, 0) is 60.1 Å². The van der Waals surface area contributed by atoms with Crippen LogP contribution in [-0.4, -0.2) is 35.7 Å². The Kier molecular flexibility index (Phi) is 6.86. The van der Waals surface area contributed by atoms with Crippen molar-refractivity contribution >= 4 is 17.3 Å². The van der Waals surface area contributed by atoms with E-state index in [0.29, 0.717) is 11.7 Å². The average molecular weight is 397 g/mol. The molecule has 0 bridgehead atoms. The van der Waals surface area contributed by atoms with E-state index in [1.807, 2.05) is 47.3 Å². The first kappa shape index (κ1) is 19.7. The number of hydrogen-bond donors (Lipinski definition) is 2. The van der Waals surface area contributed by atoms with E-state index in [4.69, 9.17) is 21.7 Å². The van der Waals surface area contributed by atoms with E-state index in [1.54, 1.807) is 20.4 Å². The van der Waals surface area contributed by atoms with Gasteiger partial charge in [-0.25, -0.2) is 4.68 Å². The first-order valence-corrected chi connectivity index (χ1v) is 9.42. The molecule has 0 saturated heterocycles. The third-order valence-corrected chi connectivity index (χ3v) is 4.59. The maximum absolute atomic E-state index is 5.37.